The number of hydrogen-bond donors (Lipinski definition) is 1. The minimum absolute atomic E-state index is 0.234. The lowest BCUT2D eigenvalue weighted by Crippen LogP contribution is -2.38. The summed E-state index contributed by atoms with van der Waals surface area (Å²) >= 11 is 0. The van der Waals surface area contributed by atoms with Gasteiger partial charge in [-0.15, -0.1) is 0 Å². The average molecular weight is 368 g/mol. The number of amides is 1. The Hall–Kier alpha value is -2.47. The highest BCUT2D eigenvalue weighted by molar-refractivity contribution is 5.91. The predicted molar refractivity (Wildman–Crippen MR) is 105 cm³/mol. The van der Waals surface area contributed by atoms with Gasteiger partial charge in [-0.2, -0.15) is 5.10 Å². The van der Waals surface area contributed by atoms with E-state index in [1.807, 2.05) is 12.1 Å². The summed E-state index contributed by atoms with van der Waals surface area (Å²) in [5.41, 5.74) is 2.37. The Morgan fingerprint density at radius 3 is 2.44 bits per heavy atom. The van der Waals surface area contributed by atoms with Crippen molar-refractivity contribution in [1.82, 2.24) is 20.0 Å². The molecule has 0 unspecified atom stereocenters. The molecule has 0 bridgehead atoms. The van der Waals surface area contributed by atoms with Crippen LogP contribution in [0.25, 0.3) is 0 Å². The number of aryl methyl sites for hydroxylation is 1. The standard InChI is InChI=1S/C21H28N4O2/c1-15-10-16(2)13-25(12-15)14-18-7-5-4-6-17(18)11-22-21(27)19-8-9-20(26)24(3)23-19/h4-9,15-16H,10-14H2,1-3H3,(H,22,27)/t15-,16-/m0/s1. The van der Waals surface area contributed by atoms with Gasteiger partial charge in [0.05, 0.1) is 0 Å². The van der Waals surface area contributed by atoms with Gasteiger partial charge in [0.25, 0.3) is 11.5 Å². The van der Waals surface area contributed by atoms with E-state index in [1.165, 1.54) is 35.8 Å². The van der Waals surface area contributed by atoms with Crippen molar-refractivity contribution in [1.29, 1.82) is 0 Å². The van der Waals surface area contributed by atoms with E-state index in [9.17, 15) is 9.59 Å². The van der Waals surface area contributed by atoms with Gasteiger partial charge in [0, 0.05) is 39.3 Å². The number of benzene rings is 1. The van der Waals surface area contributed by atoms with Crippen LogP contribution >= 0.6 is 0 Å². The fourth-order valence-electron chi connectivity index (χ4n) is 3.94. The Kier molecular flexibility index (Phi) is 6.06. The number of nitrogens with one attached hydrogen (secondary N) is 1. The Morgan fingerprint density at radius 1 is 1.11 bits per heavy atom. The molecular formula is C21H28N4O2. The normalized spacial score (nSPS) is 20.4. The zero-order valence-electron chi connectivity index (χ0n) is 16.3. The molecule has 1 saturated heterocycles. The SMILES string of the molecule is C[C@H]1C[C@H](C)CN(Cc2ccccc2CNC(=O)c2ccc(=O)n(C)n2)C1. The molecule has 1 aromatic heterocycles. The lowest BCUT2D eigenvalue weighted by Gasteiger charge is -2.35. The lowest BCUT2D eigenvalue weighted by molar-refractivity contribution is 0.0943. The van der Waals surface area contributed by atoms with Crippen LogP contribution in [0.2, 0.25) is 0 Å². The summed E-state index contributed by atoms with van der Waals surface area (Å²) in [5, 5.41) is 6.92. The maximum absolute atomic E-state index is 12.4. The lowest BCUT2D eigenvalue weighted by atomic mass is 9.91. The van der Waals surface area contributed by atoms with E-state index in [4.69, 9.17) is 0 Å². The maximum atomic E-state index is 12.4. The molecule has 144 valence electrons. The number of aromatic nitrogens is 2. The molecule has 2 aromatic rings. The first-order valence-electron chi connectivity index (χ1n) is 9.54. The van der Waals surface area contributed by atoms with Crippen molar-refractivity contribution in [2.45, 2.75) is 33.4 Å². The number of likely N-dealkylation sites (tertiary alicyclic amines) is 1. The Labute approximate surface area is 160 Å². The van der Waals surface area contributed by atoms with E-state index in [0.29, 0.717) is 6.54 Å². The second-order valence-corrected chi connectivity index (χ2v) is 7.77. The van der Waals surface area contributed by atoms with Crippen LogP contribution in [0, 0.1) is 11.8 Å². The summed E-state index contributed by atoms with van der Waals surface area (Å²) < 4.78 is 1.17. The number of hydrogen-bond acceptors (Lipinski definition) is 4. The molecule has 3 rings (SSSR count). The molecule has 1 fully saturated rings. The van der Waals surface area contributed by atoms with Crippen LogP contribution in [0.5, 0.6) is 0 Å². The molecule has 2 heterocycles. The smallest absolute Gasteiger partial charge is 0.271 e. The molecule has 0 saturated carbocycles. The Balaban J connectivity index is 1.66. The molecule has 6 heteroatoms. The second-order valence-electron chi connectivity index (χ2n) is 7.77. The van der Waals surface area contributed by atoms with Gasteiger partial charge in [0.15, 0.2) is 0 Å². The van der Waals surface area contributed by atoms with Gasteiger partial charge < -0.3 is 5.32 Å². The number of piperidine rings is 1. The molecule has 1 N–H and O–H groups in total. The Morgan fingerprint density at radius 2 is 1.78 bits per heavy atom. The van der Waals surface area contributed by atoms with Gasteiger partial charge in [-0.1, -0.05) is 38.1 Å². The van der Waals surface area contributed by atoms with Gasteiger partial charge in [0.1, 0.15) is 5.69 Å². The van der Waals surface area contributed by atoms with Crippen LogP contribution in [-0.2, 0) is 20.1 Å². The van der Waals surface area contributed by atoms with Gasteiger partial charge in [-0.25, -0.2) is 4.68 Å². The molecule has 1 aromatic carbocycles. The van der Waals surface area contributed by atoms with E-state index < -0.39 is 0 Å². The first-order chi connectivity index (χ1) is 12.9. The zero-order chi connectivity index (χ0) is 19.4. The summed E-state index contributed by atoms with van der Waals surface area (Å²) in [6, 6.07) is 11.0. The third-order valence-electron chi connectivity index (χ3n) is 5.09. The quantitative estimate of drug-likeness (QED) is 0.878. The van der Waals surface area contributed by atoms with E-state index in [1.54, 1.807) is 0 Å². The number of nitrogens with zero attached hydrogens (tertiary/aromatic N) is 3. The highest BCUT2D eigenvalue weighted by atomic mass is 16.2. The van der Waals surface area contributed by atoms with E-state index in [-0.39, 0.29) is 17.2 Å². The molecule has 1 amide bonds. The van der Waals surface area contributed by atoms with Crippen molar-refractivity contribution in [3.05, 3.63) is 63.6 Å². The summed E-state index contributed by atoms with van der Waals surface area (Å²) in [5.74, 6) is 1.16. The summed E-state index contributed by atoms with van der Waals surface area (Å²) in [7, 11) is 1.54. The van der Waals surface area contributed by atoms with Crippen LogP contribution in [-0.4, -0.2) is 33.7 Å². The molecule has 1 aliphatic heterocycles. The van der Waals surface area contributed by atoms with Gasteiger partial charge in [-0.3, -0.25) is 14.5 Å². The molecular weight excluding hydrogens is 340 g/mol. The fourth-order valence-corrected chi connectivity index (χ4v) is 3.94. The van der Waals surface area contributed by atoms with Crippen LogP contribution in [0.1, 0.15) is 41.9 Å². The predicted octanol–water partition coefficient (Wildman–Crippen LogP) is 2.19. The maximum Gasteiger partial charge on any atom is 0.271 e. The highest BCUT2D eigenvalue weighted by Crippen LogP contribution is 2.23. The largest absolute Gasteiger partial charge is 0.347 e. The van der Waals surface area contributed by atoms with E-state index in [0.717, 1.165) is 37.0 Å². The highest BCUT2D eigenvalue weighted by Gasteiger charge is 2.22. The number of carbonyl (C=O) groups excluding carboxylic acids is 1. The second kappa shape index (κ2) is 8.48. The molecule has 0 aliphatic carbocycles. The van der Waals surface area contributed by atoms with Crippen molar-refractivity contribution >= 4 is 5.91 Å². The minimum atomic E-state index is -0.277. The first kappa shape index (κ1) is 19.3. The van der Waals surface area contributed by atoms with Gasteiger partial charge in [0.2, 0.25) is 0 Å². The van der Waals surface area contributed by atoms with Gasteiger partial charge in [-0.05, 0) is 35.4 Å². The third kappa shape index (κ3) is 5.04. The fraction of sp³-hybridized carbons (Fsp3) is 0.476. The Bertz CT molecular complexity index is 851. The van der Waals surface area contributed by atoms with Crippen LogP contribution < -0.4 is 10.9 Å². The molecule has 0 spiro atoms. The van der Waals surface area contributed by atoms with Crippen molar-refractivity contribution in [3.63, 3.8) is 0 Å². The van der Waals surface area contributed by atoms with Crippen LogP contribution in [0.15, 0.2) is 41.2 Å². The molecule has 0 radical (unpaired) electrons. The van der Waals surface area contributed by atoms with Crippen molar-refractivity contribution in [3.8, 4) is 0 Å². The monoisotopic (exact) mass is 368 g/mol. The van der Waals surface area contributed by atoms with Gasteiger partial charge >= 0.3 is 0 Å². The zero-order valence-corrected chi connectivity index (χ0v) is 16.3. The molecule has 2 atom stereocenters. The molecule has 27 heavy (non-hydrogen) atoms. The first-order valence-corrected chi connectivity index (χ1v) is 9.54. The number of rotatable bonds is 5. The molecule has 6 nitrogen and oxygen atoms in total. The minimum Gasteiger partial charge on any atom is -0.347 e. The van der Waals surface area contributed by atoms with Crippen LogP contribution in [0.4, 0.5) is 0 Å². The summed E-state index contributed by atoms with van der Waals surface area (Å²) in [4.78, 5) is 26.3. The van der Waals surface area contributed by atoms with Crippen LogP contribution in [0.3, 0.4) is 0 Å². The van der Waals surface area contributed by atoms with E-state index >= 15 is 0 Å². The average Bonchev–Trinajstić information content (AvgIpc) is 2.62. The summed E-state index contributed by atoms with van der Waals surface area (Å²) in [6.07, 6.45) is 1.29. The molecule has 1 aliphatic rings. The third-order valence-corrected chi connectivity index (χ3v) is 5.09. The van der Waals surface area contributed by atoms with Crippen molar-refractivity contribution < 1.29 is 4.79 Å². The van der Waals surface area contributed by atoms with Crippen molar-refractivity contribution in [2.75, 3.05) is 13.1 Å². The summed E-state index contributed by atoms with van der Waals surface area (Å²) in [6.45, 7) is 8.21. The number of carbonyl (C=O) groups is 1. The van der Waals surface area contributed by atoms with Crippen molar-refractivity contribution in [2.24, 2.45) is 18.9 Å². The van der Waals surface area contributed by atoms with E-state index in [2.05, 4.69) is 41.3 Å². The topological polar surface area (TPSA) is 67.2 Å².